The SMILES string of the molecule is COc1cc(C#N)cc(Cl)c1OCCOc1cc(C)ccc1C(C)C. The largest absolute Gasteiger partial charge is 0.493 e. The molecule has 2 aromatic carbocycles. The number of methoxy groups -OCH3 is 1. The van der Waals surface area contributed by atoms with Crippen molar-refractivity contribution in [2.75, 3.05) is 20.3 Å². The molecule has 0 N–H and O–H groups in total. The topological polar surface area (TPSA) is 51.5 Å². The molecule has 0 aromatic heterocycles. The van der Waals surface area contributed by atoms with E-state index in [0.717, 1.165) is 11.3 Å². The summed E-state index contributed by atoms with van der Waals surface area (Å²) in [4.78, 5) is 0. The van der Waals surface area contributed by atoms with Gasteiger partial charge in [-0.05, 0) is 36.1 Å². The van der Waals surface area contributed by atoms with E-state index in [9.17, 15) is 0 Å². The molecule has 0 aliphatic carbocycles. The molecular formula is C20H22ClNO3. The maximum absolute atomic E-state index is 8.98. The second kappa shape index (κ2) is 8.64. The molecule has 0 saturated carbocycles. The Bertz CT molecular complexity index is 781. The van der Waals surface area contributed by atoms with Gasteiger partial charge < -0.3 is 14.2 Å². The molecule has 0 aliphatic rings. The molecule has 25 heavy (non-hydrogen) atoms. The molecule has 0 spiro atoms. The van der Waals surface area contributed by atoms with E-state index in [1.165, 1.54) is 12.7 Å². The summed E-state index contributed by atoms with van der Waals surface area (Å²) in [5, 5.41) is 9.32. The van der Waals surface area contributed by atoms with Gasteiger partial charge in [0.25, 0.3) is 0 Å². The Morgan fingerprint density at radius 1 is 1.08 bits per heavy atom. The van der Waals surface area contributed by atoms with Crippen LogP contribution in [-0.4, -0.2) is 20.3 Å². The quantitative estimate of drug-likeness (QED) is 0.644. The highest BCUT2D eigenvalue weighted by Crippen LogP contribution is 2.36. The summed E-state index contributed by atoms with van der Waals surface area (Å²) in [5.74, 6) is 2.10. The van der Waals surface area contributed by atoms with Crippen LogP contribution < -0.4 is 14.2 Å². The number of halogens is 1. The van der Waals surface area contributed by atoms with Crippen LogP contribution in [0.4, 0.5) is 0 Å². The lowest BCUT2D eigenvalue weighted by Crippen LogP contribution is -2.11. The lowest BCUT2D eigenvalue weighted by Gasteiger charge is -2.16. The van der Waals surface area contributed by atoms with Crippen molar-refractivity contribution in [1.82, 2.24) is 0 Å². The van der Waals surface area contributed by atoms with Crippen LogP contribution in [0.3, 0.4) is 0 Å². The van der Waals surface area contributed by atoms with Crippen LogP contribution in [0.2, 0.25) is 5.02 Å². The van der Waals surface area contributed by atoms with Crippen LogP contribution in [0, 0.1) is 18.3 Å². The predicted molar refractivity (Wildman–Crippen MR) is 99.0 cm³/mol. The number of nitriles is 1. The molecule has 132 valence electrons. The Hall–Kier alpha value is -2.38. The van der Waals surface area contributed by atoms with Gasteiger partial charge in [-0.25, -0.2) is 0 Å². The summed E-state index contributed by atoms with van der Waals surface area (Å²) < 4.78 is 16.9. The highest BCUT2D eigenvalue weighted by molar-refractivity contribution is 6.32. The standard InChI is InChI=1S/C20H22ClNO3/c1-13(2)16-6-5-14(3)9-18(16)24-7-8-25-20-17(21)10-15(12-22)11-19(20)23-4/h5-6,9-11,13H,7-8H2,1-4H3. The molecule has 4 nitrogen and oxygen atoms in total. The van der Waals surface area contributed by atoms with Gasteiger partial charge in [0.15, 0.2) is 11.5 Å². The van der Waals surface area contributed by atoms with Crippen molar-refractivity contribution in [3.8, 4) is 23.3 Å². The van der Waals surface area contributed by atoms with Crippen molar-refractivity contribution in [3.63, 3.8) is 0 Å². The van der Waals surface area contributed by atoms with Gasteiger partial charge in [0.05, 0.1) is 23.8 Å². The first-order valence-corrected chi connectivity index (χ1v) is 8.47. The molecule has 0 atom stereocenters. The molecule has 2 aromatic rings. The van der Waals surface area contributed by atoms with Gasteiger partial charge in [-0.1, -0.05) is 37.6 Å². The Kier molecular flexibility index (Phi) is 6.55. The van der Waals surface area contributed by atoms with Crippen LogP contribution in [0.25, 0.3) is 0 Å². The molecule has 2 rings (SSSR count). The van der Waals surface area contributed by atoms with Crippen molar-refractivity contribution in [1.29, 1.82) is 5.26 Å². The molecule has 0 fully saturated rings. The number of hydrogen-bond donors (Lipinski definition) is 0. The Labute approximate surface area is 153 Å². The molecule has 0 radical (unpaired) electrons. The first kappa shape index (κ1) is 19.0. The smallest absolute Gasteiger partial charge is 0.179 e. The maximum atomic E-state index is 8.98. The fourth-order valence-corrected chi connectivity index (χ4v) is 2.73. The highest BCUT2D eigenvalue weighted by Gasteiger charge is 2.13. The molecular weight excluding hydrogens is 338 g/mol. The molecule has 0 amide bonds. The van der Waals surface area contributed by atoms with Crippen molar-refractivity contribution in [2.45, 2.75) is 26.7 Å². The van der Waals surface area contributed by atoms with Gasteiger partial charge in [-0.15, -0.1) is 0 Å². The molecule has 5 heteroatoms. The van der Waals surface area contributed by atoms with Crippen molar-refractivity contribution < 1.29 is 14.2 Å². The lowest BCUT2D eigenvalue weighted by atomic mass is 10.0. The molecule has 0 heterocycles. The number of rotatable bonds is 7. The van der Waals surface area contributed by atoms with Gasteiger partial charge >= 0.3 is 0 Å². The lowest BCUT2D eigenvalue weighted by molar-refractivity contribution is 0.210. The number of aryl methyl sites for hydroxylation is 1. The maximum Gasteiger partial charge on any atom is 0.179 e. The van der Waals surface area contributed by atoms with Crippen LogP contribution >= 0.6 is 11.6 Å². The highest BCUT2D eigenvalue weighted by atomic mass is 35.5. The second-order valence-corrected chi connectivity index (χ2v) is 6.40. The summed E-state index contributed by atoms with van der Waals surface area (Å²) >= 11 is 6.18. The van der Waals surface area contributed by atoms with Crippen molar-refractivity contribution in [3.05, 3.63) is 52.0 Å². The van der Waals surface area contributed by atoms with Crippen molar-refractivity contribution >= 4 is 11.6 Å². The average molecular weight is 360 g/mol. The minimum Gasteiger partial charge on any atom is -0.493 e. The van der Waals surface area contributed by atoms with Crippen LogP contribution in [0.15, 0.2) is 30.3 Å². The summed E-state index contributed by atoms with van der Waals surface area (Å²) in [6.07, 6.45) is 0. The van der Waals surface area contributed by atoms with Gasteiger partial charge in [0.1, 0.15) is 19.0 Å². The van der Waals surface area contributed by atoms with E-state index in [1.54, 1.807) is 12.1 Å². The molecule has 0 bridgehead atoms. The van der Waals surface area contributed by atoms with E-state index in [4.69, 9.17) is 31.1 Å². The zero-order chi connectivity index (χ0) is 18.4. The fraction of sp³-hybridized carbons (Fsp3) is 0.350. The van der Waals surface area contributed by atoms with Crippen molar-refractivity contribution in [2.24, 2.45) is 0 Å². The summed E-state index contributed by atoms with van der Waals surface area (Å²) in [6.45, 7) is 7.00. The average Bonchev–Trinajstić information content (AvgIpc) is 2.58. The van der Waals surface area contributed by atoms with Crippen LogP contribution in [0.5, 0.6) is 17.2 Å². The van der Waals surface area contributed by atoms with E-state index in [0.29, 0.717) is 41.2 Å². The van der Waals surface area contributed by atoms with E-state index >= 15 is 0 Å². The summed E-state index contributed by atoms with van der Waals surface area (Å²) in [7, 11) is 1.51. The summed E-state index contributed by atoms with van der Waals surface area (Å²) in [6, 6.07) is 11.4. The Morgan fingerprint density at radius 3 is 2.44 bits per heavy atom. The predicted octanol–water partition coefficient (Wildman–Crippen LogP) is 5.11. The van der Waals surface area contributed by atoms with E-state index < -0.39 is 0 Å². The van der Waals surface area contributed by atoms with Crippen LogP contribution in [0.1, 0.15) is 36.5 Å². The van der Waals surface area contributed by atoms with Crippen LogP contribution in [-0.2, 0) is 0 Å². The van der Waals surface area contributed by atoms with E-state index in [-0.39, 0.29) is 0 Å². The van der Waals surface area contributed by atoms with Gasteiger partial charge in [0, 0.05) is 6.07 Å². The molecule has 0 unspecified atom stereocenters. The van der Waals surface area contributed by atoms with E-state index in [1.807, 2.05) is 19.1 Å². The monoisotopic (exact) mass is 359 g/mol. The Morgan fingerprint density at radius 2 is 1.80 bits per heavy atom. The fourth-order valence-electron chi connectivity index (χ4n) is 2.46. The number of ether oxygens (including phenoxy) is 3. The molecule has 0 saturated heterocycles. The van der Waals surface area contributed by atoms with Gasteiger partial charge in [-0.3, -0.25) is 0 Å². The Balaban J connectivity index is 2.03. The number of hydrogen-bond acceptors (Lipinski definition) is 4. The third-order valence-corrected chi connectivity index (χ3v) is 4.02. The zero-order valence-electron chi connectivity index (χ0n) is 14.9. The third kappa shape index (κ3) is 4.80. The first-order valence-electron chi connectivity index (χ1n) is 8.10. The normalized spacial score (nSPS) is 10.4. The minimum absolute atomic E-state index is 0.313. The third-order valence-electron chi connectivity index (χ3n) is 3.74. The number of benzene rings is 2. The number of nitrogens with zero attached hydrogens (tertiary/aromatic N) is 1. The minimum atomic E-state index is 0.313. The van der Waals surface area contributed by atoms with E-state index in [2.05, 4.69) is 26.0 Å². The van der Waals surface area contributed by atoms with Gasteiger partial charge in [0.2, 0.25) is 0 Å². The summed E-state index contributed by atoms with van der Waals surface area (Å²) in [5.41, 5.74) is 2.74. The molecule has 0 aliphatic heterocycles. The second-order valence-electron chi connectivity index (χ2n) is 5.99. The first-order chi connectivity index (χ1) is 12.0. The van der Waals surface area contributed by atoms with Gasteiger partial charge in [-0.2, -0.15) is 5.26 Å². The zero-order valence-corrected chi connectivity index (χ0v) is 15.7.